The highest BCUT2D eigenvalue weighted by atomic mass is 16.2. The molecular weight excluding hydrogens is 226 g/mol. The van der Waals surface area contributed by atoms with Gasteiger partial charge in [0.05, 0.1) is 6.54 Å². The van der Waals surface area contributed by atoms with Crippen LogP contribution in [0.2, 0.25) is 0 Å². The third-order valence-corrected chi connectivity index (χ3v) is 3.25. The van der Waals surface area contributed by atoms with Crippen molar-refractivity contribution < 1.29 is 4.79 Å². The zero-order valence-electron chi connectivity index (χ0n) is 12.4. The van der Waals surface area contributed by atoms with E-state index in [4.69, 9.17) is 0 Å². The highest BCUT2D eigenvalue weighted by Crippen LogP contribution is 2.11. The highest BCUT2D eigenvalue weighted by Gasteiger charge is 2.17. The summed E-state index contributed by atoms with van der Waals surface area (Å²) >= 11 is 0. The summed E-state index contributed by atoms with van der Waals surface area (Å²) in [5, 5.41) is 6.21. The van der Waals surface area contributed by atoms with Gasteiger partial charge in [-0.3, -0.25) is 9.69 Å². The number of nitrogens with one attached hydrogen (secondary N) is 2. The van der Waals surface area contributed by atoms with Crippen LogP contribution in [0, 0.1) is 0 Å². The predicted octanol–water partition coefficient (Wildman–Crippen LogP) is 1.37. The highest BCUT2D eigenvalue weighted by molar-refractivity contribution is 5.78. The summed E-state index contributed by atoms with van der Waals surface area (Å²) in [7, 11) is 0. The molecule has 0 bridgehead atoms. The van der Waals surface area contributed by atoms with E-state index in [1.807, 2.05) is 20.8 Å². The van der Waals surface area contributed by atoms with E-state index in [9.17, 15) is 4.79 Å². The Labute approximate surface area is 111 Å². The summed E-state index contributed by atoms with van der Waals surface area (Å²) in [5.41, 5.74) is -0.142. The average Bonchev–Trinajstić information content (AvgIpc) is 2.27. The van der Waals surface area contributed by atoms with Crippen molar-refractivity contribution in [3.8, 4) is 0 Å². The minimum Gasteiger partial charge on any atom is -0.350 e. The standard InChI is InChI=1S/C14H29N3O/c1-12(17-8-6-5-7-9-17)10-15-11-13(18)16-14(2,3)4/h12,15H,5-11H2,1-4H3,(H,16,18). The molecule has 4 heteroatoms. The Bertz CT molecular complexity index is 254. The maximum Gasteiger partial charge on any atom is 0.234 e. The van der Waals surface area contributed by atoms with E-state index in [2.05, 4.69) is 22.5 Å². The van der Waals surface area contributed by atoms with E-state index in [1.165, 1.54) is 32.4 Å². The number of nitrogens with zero attached hydrogens (tertiary/aromatic N) is 1. The smallest absolute Gasteiger partial charge is 0.234 e. The second-order valence-electron chi connectivity index (χ2n) is 6.37. The van der Waals surface area contributed by atoms with Gasteiger partial charge in [-0.1, -0.05) is 6.42 Å². The van der Waals surface area contributed by atoms with E-state index in [0.717, 1.165) is 6.54 Å². The summed E-state index contributed by atoms with van der Waals surface area (Å²) in [4.78, 5) is 14.1. The molecule has 4 nitrogen and oxygen atoms in total. The first-order valence-electron chi connectivity index (χ1n) is 7.14. The second kappa shape index (κ2) is 7.10. The van der Waals surface area contributed by atoms with Gasteiger partial charge < -0.3 is 10.6 Å². The van der Waals surface area contributed by atoms with Gasteiger partial charge in [0.15, 0.2) is 0 Å². The van der Waals surface area contributed by atoms with Gasteiger partial charge in [-0.25, -0.2) is 0 Å². The second-order valence-corrected chi connectivity index (χ2v) is 6.37. The summed E-state index contributed by atoms with van der Waals surface area (Å²) in [6.45, 7) is 11.9. The van der Waals surface area contributed by atoms with Crippen LogP contribution in [0.3, 0.4) is 0 Å². The van der Waals surface area contributed by atoms with Crippen LogP contribution in [0.5, 0.6) is 0 Å². The molecule has 1 amide bonds. The Balaban J connectivity index is 2.14. The van der Waals surface area contributed by atoms with E-state index in [1.54, 1.807) is 0 Å². The number of amides is 1. The van der Waals surface area contributed by atoms with Crippen molar-refractivity contribution in [2.75, 3.05) is 26.2 Å². The first kappa shape index (κ1) is 15.4. The normalized spacial score (nSPS) is 19.6. The molecule has 1 saturated heterocycles. The van der Waals surface area contributed by atoms with Gasteiger partial charge in [0.1, 0.15) is 0 Å². The quantitative estimate of drug-likeness (QED) is 0.780. The van der Waals surface area contributed by atoms with Crippen molar-refractivity contribution >= 4 is 5.91 Å². The fraction of sp³-hybridized carbons (Fsp3) is 0.929. The third-order valence-electron chi connectivity index (χ3n) is 3.25. The predicted molar refractivity (Wildman–Crippen MR) is 75.7 cm³/mol. The van der Waals surface area contributed by atoms with Gasteiger partial charge in [-0.05, 0) is 53.6 Å². The molecule has 1 unspecified atom stereocenters. The maximum absolute atomic E-state index is 11.6. The van der Waals surface area contributed by atoms with Crippen molar-refractivity contribution in [2.45, 2.75) is 58.5 Å². The summed E-state index contributed by atoms with van der Waals surface area (Å²) < 4.78 is 0. The lowest BCUT2D eigenvalue weighted by Gasteiger charge is -2.32. The Morgan fingerprint density at radius 1 is 1.22 bits per heavy atom. The van der Waals surface area contributed by atoms with Gasteiger partial charge in [0, 0.05) is 18.1 Å². The zero-order chi connectivity index (χ0) is 13.6. The molecule has 1 heterocycles. The van der Waals surface area contributed by atoms with Crippen molar-refractivity contribution in [1.29, 1.82) is 0 Å². The Morgan fingerprint density at radius 3 is 2.39 bits per heavy atom. The largest absolute Gasteiger partial charge is 0.350 e. The first-order chi connectivity index (χ1) is 8.38. The molecule has 1 atom stereocenters. The molecule has 0 aromatic carbocycles. The van der Waals surface area contributed by atoms with Crippen molar-refractivity contribution in [2.24, 2.45) is 0 Å². The molecule has 1 aliphatic heterocycles. The number of carbonyl (C=O) groups is 1. The molecule has 0 aromatic rings. The number of piperidine rings is 1. The Kier molecular flexibility index (Phi) is 6.09. The van der Waals surface area contributed by atoms with Crippen LogP contribution in [-0.2, 0) is 4.79 Å². The summed E-state index contributed by atoms with van der Waals surface area (Å²) in [5.74, 6) is 0.0772. The molecule has 1 rings (SSSR count). The van der Waals surface area contributed by atoms with Crippen LogP contribution in [0.15, 0.2) is 0 Å². The lowest BCUT2D eigenvalue weighted by molar-refractivity contribution is -0.121. The number of carbonyl (C=O) groups excluding carboxylic acids is 1. The van der Waals surface area contributed by atoms with Crippen LogP contribution in [0.25, 0.3) is 0 Å². The van der Waals surface area contributed by atoms with Crippen LogP contribution in [-0.4, -0.2) is 48.6 Å². The molecule has 1 fully saturated rings. The van der Waals surface area contributed by atoms with Gasteiger partial charge in [0.2, 0.25) is 5.91 Å². The molecule has 1 aliphatic rings. The molecule has 0 aliphatic carbocycles. The van der Waals surface area contributed by atoms with Crippen LogP contribution >= 0.6 is 0 Å². The van der Waals surface area contributed by atoms with Gasteiger partial charge in [-0.15, -0.1) is 0 Å². The first-order valence-corrected chi connectivity index (χ1v) is 7.14. The van der Waals surface area contributed by atoms with Gasteiger partial charge in [0.25, 0.3) is 0 Å². The van der Waals surface area contributed by atoms with Crippen LogP contribution in [0.1, 0.15) is 47.0 Å². The minimum absolute atomic E-state index is 0.0772. The van der Waals surface area contributed by atoms with Crippen LogP contribution < -0.4 is 10.6 Å². The Morgan fingerprint density at radius 2 is 1.83 bits per heavy atom. The van der Waals surface area contributed by atoms with E-state index >= 15 is 0 Å². The summed E-state index contributed by atoms with van der Waals surface area (Å²) in [6, 6.07) is 0.521. The fourth-order valence-electron chi connectivity index (χ4n) is 2.35. The average molecular weight is 255 g/mol. The molecular formula is C14H29N3O. The van der Waals surface area contributed by atoms with Crippen molar-refractivity contribution in [3.05, 3.63) is 0 Å². The molecule has 106 valence electrons. The van der Waals surface area contributed by atoms with Crippen molar-refractivity contribution in [3.63, 3.8) is 0 Å². The molecule has 0 aromatic heterocycles. The van der Waals surface area contributed by atoms with Crippen molar-refractivity contribution in [1.82, 2.24) is 15.5 Å². The van der Waals surface area contributed by atoms with E-state index < -0.39 is 0 Å². The lowest BCUT2D eigenvalue weighted by atomic mass is 10.1. The molecule has 2 N–H and O–H groups in total. The van der Waals surface area contributed by atoms with E-state index in [0.29, 0.717) is 12.6 Å². The van der Waals surface area contributed by atoms with Gasteiger partial charge in [-0.2, -0.15) is 0 Å². The SMILES string of the molecule is CC(CNCC(=O)NC(C)(C)C)N1CCCCC1. The third kappa shape index (κ3) is 6.36. The molecule has 0 saturated carbocycles. The number of hydrogen-bond donors (Lipinski definition) is 2. The summed E-state index contributed by atoms with van der Waals surface area (Å²) in [6.07, 6.45) is 3.99. The number of hydrogen-bond acceptors (Lipinski definition) is 3. The van der Waals surface area contributed by atoms with Gasteiger partial charge >= 0.3 is 0 Å². The Hall–Kier alpha value is -0.610. The van der Waals surface area contributed by atoms with E-state index in [-0.39, 0.29) is 11.4 Å². The monoisotopic (exact) mass is 255 g/mol. The van der Waals surface area contributed by atoms with Crippen LogP contribution in [0.4, 0.5) is 0 Å². The maximum atomic E-state index is 11.6. The molecule has 0 radical (unpaired) electrons. The number of likely N-dealkylation sites (tertiary alicyclic amines) is 1. The number of rotatable bonds is 5. The topological polar surface area (TPSA) is 44.4 Å². The zero-order valence-corrected chi connectivity index (χ0v) is 12.4. The lowest BCUT2D eigenvalue weighted by Crippen LogP contribution is -2.48. The minimum atomic E-state index is -0.142. The fourth-order valence-corrected chi connectivity index (χ4v) is 2.35. The molecule has 18 heavy (non-hydrogen) atoms. The molecule has 0 spiro atoms.